The number of hydrogen-bond acceptors (Lipinski definition) is 2. The highest BCUT2D eigenvalue weighted by Crippen LogP contribution is 2.41. The molecular formula is C22H28BrNO2. The number of nitrogens with zero attached hydrogens (tertiary/aromatic N) is 1. The van der Waals surface area contributed by atoms with Crippen molar-refractivity contribution in [3.05, 3.63) is 71.8 Å². The summed E-state index contributed by atoms with van der Waals surface area (Å²) < 4.78 is 14.1. The zero-order valence-corrected chi connectivity index (χ0v) is 17.0. The Labute approximate surface area is 167 Å². The summed E-state index contributed by atoms with van der Waals surface area (Å²) in [6.07, 6.45) is 4.15. The lowest BCUT2D eigenvalue weighted by Gasteiger charge is -2.39. The van der Waals surface area contributed by atoms with Gasteiger partial charge in [-0.05, 0) is 19.3 Å². The van der Waals surface area contributed by atoms with E-state index in [1.807, 2.05) is 12.1 Å². The second-order valence-corrected chi connectivity index (χ2v) is 7.71. The number of quaternary nitrogens is 1. The maximum absolute atomic E-state index is 6.65. The summed E-state index contributed by atoms with van der Waals surface area (Å²) in [5, 5.41) is 0. The lowest BCUT2D eigenvalue weighted by Crippen LogP contribution is -3.00. The lowest BCUT2D eigenvalue weighted by atomic mass is 9.97. The summed E-state index contributed by atoms with van der Waals surface area (Å²) >= 11 is 0. The fourth-order valence-corrected chi connectivity index (χ4v) is 4.34. The molecule has 4 heteroatoms. The van der Waals surface area contributed by atoms with Gasteiger partial charge in [0.2, 0.25) is 5.79 Å². The van der Waals surface area contributed by atoms with Crippen LogP contribution in [0.25, 0.3) is 0 Å². The fraction of sp³-hybridized carbons (Fsp3) is 0.455. The molecule has 0 bridgehead atoms. The monoisotopic (exact) mass is 417 g/mol. The van der Waals surface area contributed by atoms with Crippen LogP contribution in [0.15, 0.2) is 60.7 Å². The standard InChI is InChI=1S/C22H28NO2.BrH/c1-23(15-9-4-10-16-23)17-21-18-24-22(25-21,19-11-5-2-6-12-19)20-13-7-3-8-14-20;/h2-3,5-8,11-14,21H,4,9-10,15-18H2,1H3;1H/q+1;/p-1. The first-order valence-corrected chi connectivity index (χ1v) is 9.47. The molecule has 0 aliphatic carbocycles. The predicted molar refractivity (Wildman–Crippen MR) is 99.1 cm³/mol. The molecule has 2 heterocycles. The molecule has 140 valence electrons. The SMILES string of the molecule is C[N+]1(CC2COC(c3ccccc3)(c3ccccc3)O2)CCCCC1.[Br-]. The Morgan fingerprint density at radius 1 is 0.885 bits per heavy atom. The second kappa shape index (κ2) is 8.22. The van der Waals surface area contributed by atoms with Crippen LogP contribution in [0.1, 0.15) is 30.4 Å². The first-order valence-electron chi connectivity index (χ1n) is 9.47. The number of halogens is 1. The van der Waals surface area contributed by atoms with E-state index in [0.717, 1.165) is 22.2 Å². The maximum atomic E-state index is 6.65. The van der Waals surface area contributed by atoms with Crippen LogP contribution in [0, 0.1) is 0 Å². The summed E-state index contributed by atoms with van der Waals surface area (Å²) in [7, 11) is 2.37. The van der Waals surface area contributed by atoms with Crippen molar-refractivity contribution in [2.45, 2.75) is 31.2 Å². The molecule has 1 unspecified atom stereocenters. The molecule has 2 fully saturated rings. The van der Waals surface area contributed by atoms with Crippen molar-refractivity contribution in [1.82, 2.24) is 0 Å². The van der Waals surface area contributed by atoms with Crippen LogP contribution in [-0.4, -0.2) is 43.9 Å². The highest BCUT2D eigenvalue weighted by atomic mass is 79.9. The van der Waals surface area contributed by atoms with Crippen LogP contribution in [0.2, 0.25) is 0 Å². The first-order chi connectivity index (χ1) is 12.2. The number of hydrogen-bond donors (Lipinski definition) is 0. The van der Waals surface area contributed by atoms with Crippen LogP contribution in [0.4, 0.5) is 0 Å². The van der Waals surface area contributed by atoms with E-state index < -0.39 is 5.79 Å². The molecule has 2 aromatic rings. The average Bonchev–Trinajstić information content (AvgIpc) is 3.08. The van der Waals surface area contributed by atoms with Crippen LogP contribution < -0.4 is 17.0 Å². The molecule has 2 aliphatic heterocycles. The summed E-state index contributed by atoms with van der Waals surface area (Å²) in [5.41, 5.74) is 2.15. The van der Waals surface area contributed by atoms with E-state index in [2.05, 4.69) is 55.6 Å². The Morgan fingerprint density at radius 2 is 1.42 bits per heavy atom. The lowest BCUT2D eigenvalue weighted by molar-refractivity contribution is -0.916. The smallest absolute Gasteiger partial charge is 0.222 e. The fourth-order valence-electron chi connectivity index (χ4n) is 4.34. The molecule has 2 aliphatic rings. The van der Waals surface area contributed by atoms with E-state index in [1.54, 1.807) is 0 Å². The third-order valence-electron chi connectivity index (χ3n) is 5.65. The Balaban J connectivity index is 0.00000196. The van der Waals surface area contributed by atoms with Crippen molar-refractivity contribution in [2.75, 3.05) is 33.3 Å². The van der Waals surface area contributed by atoms with Crippen molar-refractivity contribution in [3.8, 4) is 0 Å². The number of benzene rings is 2. The molecule has 26 heavy (non-hydrogen) atoms. The van der Waals surface area contributed by atoms with Gasteiger partial charge >= 0.3 is 0 Å². The van der Waals surface area contributed by atoms with Gasteiger partial charge in [-0.25, -0.2) is 0 Å². The van der Waals surface area contributed by atoms with Crippen LogP contribution in [0.5, 0.6) is 0 Å². The Kier molecular flexibility index (Phi) is 6.18. The number of rotatable bonds is 4. The third-order valence-corrected chi connectivity index (χ3v) is 5.65. The average molecular weight is 418 g/mol. The topological polar surface area (TPSA) is 18.5 Å². The van der Waals surface area contributed by atoms with E-state index in [1.165, 1.54) is 32.4 Å². The van der Waals surface area contributed by atoms with Gasteiger partial charge in [-0.3, -0.25) is 0 Å². The summed E-state index contributed by atoms with van der Waals surface area (Å²) in [5.74, 6) is -0.776. The molecule has 1 atom stereocenters. The molecule has 2 saturated heterocycles. The summed E-state index contributed by atoms with van der Waals surface area (Å²) in [4.78, 5) is 0. The van der Waals surface area contributed by atoms with E-state index in [4.69, 9.17) is 9.47 Å². The van der Waals surface area contributed by atoms with E-state index in [9.17, 15) is 0 Å². The minimum atomic E-state index is -0.776. The van der Waals surface area contributed by atoms with Crippen molar-refractivity contribution in [1.29, 1.82) is 0 Å². The normalized spacial score (nSPS) is 24.0. The number of ether oxygens (including phenoxy) is 2. The molecule has 0 aromatic heterocycles. The summed E-state index contributed by atoms with van der Waals surface area (Å²) in [6.45, 7) is 4.19. The van der Waals surface area contributed by atoms with Gasteiger partial charge in [-0.15, -0.1) is 0 Å². The van der Waals surface area contributed by atoms with Crippen molar-refractivity contribution in [2.24, 2.45) is 0 Å². The van der Waals surface area contributed by atoms with Crippen molar-refractivity contribution < 1.29 is 30.9 Å². The Morgan fingerprint density at radius 3 is 1.96 bits per heavy atom. The quantitative estimate of drug-likeness (QED) is 0.689. The van der Waals surface area contributed by atoms with E-state index >= 15 is 0 Å². The van der Waals surface area contributed by atoms with Gasteiger partial charge in [0.25, 0.3) is 0 Å². The van der Waals surface area contributed by atoms with E-state index in [-0.39, 0.29) is 23.1 Å². The largest absolute Gasteiger partial charge is 1.00 e. The summed E-state index contributed by atoms with van der Waals surface area (Å²) in [6, 6.07) is 20.7. The van der Waals surface area contributed by atoms with Gasteiger partial charge in [-0.2, -0.15) is 0 Å². The zero-order valence-electron chi connectivity index (χ0n) is 15.4. The molecule has 3 nitrogen and oxygen atoms in total. The van der Waals surface area contributed by atoms with Crippen LogP contribution in [0.3, 0.4) is 0 Å². The van der Waals surface area contributed by atoms with Crippen molar-refractivity contribution >= 4 is 0 Å². The van der Waals surface area contributed by atoms with E-state index in [0.29, 0.717) is 6.61 Å². The second-order valence-electron chi connectivity index (χ2n) is 7.71. The Bertz CT molecular complexity index is 646. The van der Waals surface area contributed by atoms with Gasteiger partial charge < -0.3 is 30.9 Å². The number of likely N-dealkylation sites (N-methyl/N-ethyl adjacent to an activating group) is 1. The van der Waals surface area contributed by atoms with Gasteiger partial charge in [-0.1, -0.05) is 60.7 Å². The van der Waals surface area contributed by atoms with Crippen LogP contribution >= 0.6 is 0 Å². The highest BCUT2D eigenvalue weighted by molar-refractivity contribution is 5.34. The number of piperidine rings is 1. The molecule has 0 radical (unpaired) electrons. The molecule has 0 amide bonds. The molecule has 0 spiro atoms. The number of likely N-dealkylation sites (tertiary alicyclic amines) is 1. The van der Waals surface area contributed by atoms with Gasteiger partial charge in [0.15, 0.2) is 0 Å². The zero-order chi connectivity index (χ0) is 17.2. The molecule has 0 saturated carbocycles. The van der Waals surface area contributed by atoms with Crippen LogP contribution in [-0.2, 0) is 15.3 Å². The van der Waals surface area contributed by atoms with Gasteiger partial charge in [0, 0.05) is 11.1 Å². The van der Waals surface area contributed by atoms with Gasteiger partial charge in [0.1, 0.15) is 12.6 Å². The minimum absolute atomic E-state index is 0. The molecule has 4 rings (SSSR count). The van der Waals surface area contributed by atoms with Crippen molar-refractivity contribution in [3.63, 3.8) is 0 Å². The Hall–Kier alpha value is -1.20. The minimum Gasteiger partial charge on any atom is -1.00 e. The first kappa shape index (κ1) is 19.6. The highest BCUT2D eigenvalue weighted by Gasteiger charge is 2.47. The molecule has 2 aromatic carbocycles. The maximum Gasteiger partial charge on any atom is 0.222 e. The van der Waals surface area contributed by atoms with Gasteiger partial charge in [0.05, 0.1) is 26.7 Å². The molecular weight excluding hydrogens is 390 g/mol. The molecule has 0 N–H and O–H groups in total. The predicted octanol–water partition coefficient (Wildman–Crippen LogP) is 0.938. The third kappa shape index (κ3) is 3.89.